The summed E-state index contributed by atoms with van der Waals surface area (Å²) in [4.78, 5) is 11.6. The molecular formula is C13H9ClF2N2O. The lowest BCUT2D eigenvalue weighted by Crippen LogP contribution is -2.20. The Bertz CT molecular complexity index is 619. The lowest BCUT2D eigenvalue weighted by Gasteiger charge is -2.08. The summed E-state index contributed by atoms with van der Waals surface area (Å²) < 4.78 is 26.3. The van der Waals surface area contributed by atoms with Gasteiger partial charge >= 0.3 is 6.03 Å². The van der Waals surface area contributed by atoms with E-state index in [0.29, 0.717) is 0 Å². The third-order valence-corrected chi connectivity index (χ3v) is 2.50. The van der Waals surface area contributed by atoms with Crippen molar-refractivity contribution in [2.75, 3.05) is 10.6 Å². The zero-order valence-corrected chi connectivity index (χ0v) is 10.3. The van der Waals surface area contributed by atoms with Gasteiger partial charge in [-0.1, -0.05) is 17.7 Å². The van der Waals surface area contributed by atoms with Crippen LogP contribution in [0.2, 0.25) is 5.02 Å². The predicted molar refractivity (Wildman–Crippen MR) is 70.5 cm³/mol. The number of carbonyl (C=O) groups is 1. The number of benzene rings is 2. The van der Waals surface area contributed by atoms with E-state index in [-0.39, 0.29) is 16.4 Å². The second-order valence-corrected chi connectivity index (χ2v) is 4.15. The molecule has 2 aromatic rings. The molecule has 0 atom stereocenters. The van der Waals surface area contributed by atoms with Gasteiger partial charge in [0.1, 0.15) is 11.6 Å². The van der Waals surface area contributed by atoms with Gasteiger partial charge in [0, 0.05) is 10.7 Å². The summed E-state index contributed by atoms with van der Waals surface area (Å²) in [7, 11) is 0. The fraction of sp³-hybridized carbons (Fsp3) is 0. The summed E-state index contributed by atoms with van der Waals surface area (Å²) in [6, 6.07) is 8.56. The van der Waals surface area contributed by atoms with Crippen molar-refractivity contribution in [1.82, 2.24) is 0 Å². The summed E-state index contributed by atoms with van der Waals surface area (Å²) in [5.41, 5.74) is 0.255. The molecule has 0 saturated heterocycles. The van der Waals surface area contributed by atoms with Crippen LogP contribution in [0.3, 0.4) is 0 Å². The van der Waals surface area contributed by atoms with Gasteiger partial charge in [-0.2, -0.15) is 0 Å². The second kappa shape index (κ2) is 5.67. The highest BCUT2D eigenvalue weighted by atomic mass is 35.5. The zero-order valence-electron chi connectivity index (χ0n) is 9.58. The number of halogens is 3. The minimum Gasteiger partial charge on any atom is -0.308 e. The van der Waals surface area contributed by atoms with E-state index in [1.54, 1.807) is 0 Å². The minimum atomic E-state index is -0.674. The number of urea groups is 1. The van der Waals surface area contributed by atoms with Crippen molar-refractivity contribution in [2.45, 2.75) is 0 Å². The van der Waals surface area contributed by atoms with Crippen molar-refractivity contribution >= 4 is 29.0 Å². The molecule has 98 valence electrons. The predicted octanol–water partition coefficient (Wildman–Crippen LogP) is 4.26. The first-order valence-electron chi connectivity index (χ1n) is 5.33. The molecule has 0 radical (unpaired) electrons. The fourth-order valence-corrected chi connectivity index (χ4v) is 1.60. The molecule has 0 aromatic heterocycles. The van der Waals surface area contributed by atoms with Crippen molar-refractivity contribution in [3.63, 3.8) is 0 Å². The third-order valence-electron chi connectivity index (χ3n) is 2.26. The van der Waals surface area contributed by atoms with E-state index in [4.69, 9.17) is 11.6 Å². The van der Waals surface area contributed by atoms with E-state index in [1.807, 2.05) is 0 Å². The van der Waals surface area contributed by atoms with Gasteiger partial charge in [-0.05, 0) is 36.4 Å². The van der Waals surface area contributed by atoms with Crippen molar-refractivity contribution < 1.29 is 13.6 Å². The van der Waals surface area contributed by atoms with Gasteiger partial charge in [-0.25, -0.2) is 13.6 Å². The first kappa shape index (κ1) is 13.3. The molecule has 0 aliphatic heterocycles. The lowest BCUT2D eigenvalue weighted by atomic mass is 10.3. The van der Waals surface area contributed by atoms with Crippen LogP contribution in [0.25, 0.3) is 0 Å². The van der Waals surface area contributed by atoms with E-state index in [1.165, 1.54) is 30.3 Å². The van der Waals surface area contributed by atoms with Gasteiger partial charge in [0.05, 0.1) is 5.69 Å². The van der Waals surface area contributed by atoms with Gasteiger partial charge in [-0.3, -0.25) is 0 Å². The Hall–Kier alpha value is -2.14. The Labute approximate surface area is 113 Å². The molecule has 19 heavy (non-hydrogen) atoms. The summed E-state index contributed by atoms with van der Waals surface area (Å²) in [6.45, 7) is 0. The Morgan fingerprint density at radius 1 is 1.05 bits per heavy atom. The second-order valence-electron chi connectivity index (χ2n) is 3.71. The van der Waals surface area contributed by atoms with Crippen LogP contribution in [0.5, 0.6) is 0 Å². The SMILES string of the molecule is O=C(Nc1cccc(F)c1)Nc1ccc(Cl)cc1F. The Balaban J connectivity index is 2.05. The molecule has 0 heterocycles. The van der Waals surface area contributed by atoms with Crippen molar-refractivity contribution in [1.29, 1.82) is 0 Å². The van der Waals surface area contributed by atoms with Gasteiger partial charge < -0.3 is 10.6 Å². The molecule has 0 aliphatic rings. The van der Waals surface area contributed by atoms with Gasteiger partial charge in [0.15, 0.2) is 0 Å². The van der Waals surface area contributed by atoms with Crippen LogP contribution < -0.4 is 10.6 Å². The van der Waals surface area contributed by atoms with Crippen LogP contribution in [0.4, 0.5) is 25.0 Å². The lowest BCUT2D eigenvalue weighted by molar-refractivity contribution is 0.262. The average Bonchev–Trinajstić information content (AvgIpc) is 2.33. The highest BCUT2D eigenvalue weighted by Crippen LogP contribution is 2.19. The molecule has 0 spiro atoms. The summed E-state index contributed by atoms with van der Waals surface area (Å²) in [5, 5.41) is 4.91. The smallest absolute Gasteiger partial charge is 0.308 e. The van der Waals surface area contributed by atoms with E-state index in [2.05, 4.69) is 10.6 Å². The highest BCUT2D eigenvalue weighted by molar-refractivity contribution is 6.30. The van der Waals surface area contributed by atoms with Crippen LogP contribution >= 0.6 is 11.6 Å². The first-order chi connectivity index (χ1) is 9.04. The maximum absolute atomic E-state index is 13.4. The van der Waals surface area contributed by atoms with Crippen LogP contribution in [0.15, 0.2) is 42.5 Å². The number of hydrogen-bond acceptors (Lipinski definition) is 1. The van der Waals surface area contributed by atoms with Crippen molar-refractivity contribution in [3.8, 4) is 0 Å². The standard InChI is InChI=1S/C13H9ClF2N2O/c14-8-4-5-12(11(16)6-8)18-13(19)17-10-3-1-2-9(15)7-10/h1-7H,(H2,17,18,19). The average molecular weight is 283 g/mol. The Morgan fingerprint density at radius 2 is 1.84 bits per heavy atom. The number of hydrogen-bond donors (Lipinski definition) is 2. The molecule has 2 aromatic carbocycles. The molecular weight excluding hydrogens is 274 g/mol. The van der Waals surface area contributed by atoms with Gasteiger partial charge in [-0.15, -0.1) is 0 Å². The van der Waals surface area contributed by atoms with E-state index >= 15 is 0 Å². The monoisotopic (exact) mass is 282 g/mol. The zero-order chi connectivity index (χ0) is 13.8. The quantitative estimate of drug-likeness (QED) is 0.849. The number of rotatable bonds is 2. The molecule has 0 bridgehead atoms. The molecule has 2 rings (SSSR count). The van der Waals surface area contributed by atoms with E-state index < -0.39 is 17.7 Å². The van der Waals surface area contributed by atoms with Gasteiger partial charge in [0.2, 0.25) is 0 Å². The summed E-state index contributed by atoms with van der Waals surface area (Å²) >= 11 is 5.59. The van der Waals surface area contributed by atoms with E-state index in [9.17, 15) is 13.6 Å². The largest absolute Gasteiger partial charge is 0.323 e. The Morgan fingerprint density at radius 3 is 2.53 bits per heavy atom. The molecule has 0 aliphatic carbocycles. The third kappa shape index (κ3) is 3.66. The number of nitrogens with one attached hydrogen (secondary N) is 2. The fourth-order valence-electron chi connectivity index (χ4n) is 1.44. The van der Waals surface area contributed by atoms with Crippen LogP contribution in [-0.4, -0.2) is 6.03 Å². The maximum atomic E-state index is 13.4. The summed E-state index contributed by atoms with van der Waals surface area (Å²) in [6.07, 6.45) is 0. The molecule has 0 fully saturated rings. The molecule has 2 N–H and O–H groups in total. The molecule has 0 unspecified atom stereocenters. The van der Waals surface area contributed by atoms with Crippen molar-refractivity contribution in [2.24, 2.45) is 0 Å². The van der Waals surface area contributed by atoms with Gasteiger partial charge in [0.25, 0.3) is 0 Å². The molecule has 0 saturated carbocycles. The van der Waals surface area contributed by atoms with Crippen LogP contribution in [0, 0.1) is 11.6 Å². The van der Waals surface area contributed by atoms with Crippen LogP contribution in [-0.2, 0) is 0 Å². The van der Waals surface area contributed by atoms with Crippen LogP contribution in [0.1, 0.15) is 0 Å². The van der Waals surface area contributed by atoms with E-state index in [0.717, 1.165) is 12.1 Å². The maximum Gasteiger partial charge on any atom is 0.323 e. The summed E-state index contributed by atoms with van der Waals surface area (Å²) in [5.74, 6) is -1.13. The highest BCUT2D eigenvalue weighted by Gasteiger charge is 2.07. The molecule has 6 heteroatoms. The van der Waals surface area contributed by atoms with Crippen molar-refractivity contribution in [3.05, 3.63) is 59.1 Å². The topological polar surface area (TPSA) is 41.1 Å². The molecule has 2 amide bonds. The molecule has 3 nitrogen and oxygen atoms in total. The first-order valence-corrected chi connectivity index (χ1v) is 5.71. The number of carbonyl (C=O) groups excluding carboxylic acids is 1. The number of amides is 2. The number of anilines is 2. The normalized spacial score (nSPS) is 10.1. The minimum absolute atomic E-state index is 0.0155. The Kier molecular flexibility index (Phi) is 3.97.